The van der Waals surface area contributed by atoms with Crippen LogP contribution in [0.4, 0.5) is 0 Å². The molecule has 3 heterocycles. The Morgan fingerprint density at radius 3 is 2.12 bits per heavy atom. The highest BCUT2D eigenvalue weighted by molar-refractivity contribution is 7.14. The van der Waals surface area contributed by atoms with E-state index in [1.165, 1.54) is 53.9 Å². The lowest BCUT2D eigenvalue weighted by Gasteiger charge is -2.38. The summed E-state index contributed by atoms with van der Waals surface area (Å²) in [7, 11) is 0. The molecule has 0 radical (unpaired) electrons. The number of benzene rings is 2. The molecule has 0 bridgehead atoms. The molecule has 8 nitrogen and oxygen atoms in total. The van der Waals surface area contributed by atoms with Crippen LogP contribution in [0.2, 0.25) is 0 Å². The number of hydrogen-bond acceptors (Lipinski definition) is 6. The lowest BCUT2D eigenvalue weighted by atomic mass is 9.78. The van der Waals surface area contributed by atoms with E-state index >= 15 is 0 Å². The van der Waals surface area contributed by atoms with Gasteiger partial charge in [0.1, 0.15) is 6.04 Å². The van der Waals surface area contributed by atoms with Gasteiger partial charge < -0.3 is 15.3 Å². The van der Waals surface area contributed by atoms with Crippen LogP contribution in [0.5, 0.6) is 0 Å². The zero-order valence-electron chi connectivity index (χ0n) is 28.6. The van der Waals surface area contributed by atoms with Gasteiger partial charge in [0.15, 0.2) is 5.82 Å². The number of amides is 2. The van der Waals surface area contributed by atoms with Crippen LogP contribution in [-0.2, 0) is 22.4 Å². The Balaban J connectivity index is 1.10. The molecular weight excluding hydrogens is 633 g/mol. The number of nitrogens with zero attached hydrogens (tertiary/aromatic N) is 3. The van der Waals surface area contributed by atoms with Crippen LogP contribution >= 0.6 is 11.3 Å². The number of carboxylic acids is 1. The average molecular weight is 679 g/mol. The van der Waals surface area contributed by atoms with Crippen molar-refractivity contribution < 1.29 is 19.5 Å². The molecule has 0 spiro atoms. The molecule has 2 aromatic carbocycles. The Hall–Kier alpha value is -4.37. The molecule has 2 aliphatic rings. The van der Waals surface area contributed by atoms with Crippen molar-refractivity contribution in [2.45, 2.75) is 77.7 Å². The van der Waals surface area contributed by atoms with Gasteiger partial charge in [-0.2, -0.15) is 0 Å². The Bertz CT molecular complexity index is 1740. The normalized spacial score (nSPS) is 18.6. The van der Waals surface area contributed by atoms with E-state index in [0.717, 1.165) is 39.5 Å². The molecule has 2 fully saturated rings. The first-order chi connectivity index (χ1) is 23.7. The molecule has 9 heteroatoms. The number of aromatic nitrogens is 2. The molecular formula is C40H46N4O4S. The first-order valence-corrected chi connectivity index (χ1v) is 18.4. The second-order valence-electron chi connectivity index (χ2n) is 14.1. The maximum atomic E-state index is 13.5. The highest BCUT2D eigenvalue weighted by Crippen LogP contribution is 2.37. The molecule has 1 atom stereocenters. The highest BCUT2D eigenvalue weighted by atomic mass is 32.1. The maximum Gasteiger partial charge on any atom is 0.310 e. The quantitative estimate of drug-likeness (QED) is 0.159. The maximum absolute atomic E-state index is 13.5. The summed E-state index contributed by atoms with van der Waals surface area (Å²) in [6.07, 6.45) is 11.4. The van der Waals surface area contributed by atoms with Gasteiger partial charge in [0.05, 0.1) is 10.8 Å². The first-order valence-electron chi connectivity index (χ1n) is 17.6. The van der Waals surface area contributed by atoms with Gasteiger partial charge in [-0.25, -0.2) is 9.97 Å². The lowest BCUT2D eigenvalue weighted by Crippen LogP contribution is -2.59. The third-order valence-electron chi connectivity index (χ3n) is 10.1. The van der Waals surface area contributed by atoms with Gasteiger partial charge in [-0.15, -0.1) is 11.3 Å². The smallest absolute Gasteiger partial charge is 0.310 e. The second-order valence-corrected chi connectivity index (χ2v) is 15.3. The fourth-order valence-electron chi connectivity index (χ4n) is 6.98. The summed E-state index contributed by atoms with van der Waals surface area (Å²) in [4.78, 5) is 50.6. The van der Waals surface area contributed by atoms with Crippen molar-refractivity contribution in [1.82, 2.24) is 20.2 Å². The monoisotopic (exact) mass is 678 g/mol. The van der Waals surface area contributed by atoms with Crippen LogP contribution in [0.3, 0.4) is 0 Å². The number of aliphatic carboxylic acids is 1. The van der Waals surface area contributed by atoms with Crippen molar-refractivity contribution >= 4 is 29.1 Å². The van der Waals surface area contributed by atoms with Crippen molar-refractivity contribution in [1.29, 1.82) is 0 Å². The molecule has 6 rings (SSSR count). The Labute approximate surface area is 293 Å². The van der Waals surface area contributed by atoms with Gasteiger partial charge in [-0.05, 0) is 78.7 Å². The molecule has 0 unspecified atom stereocenters. The number of carbonyl (C=O) groups excluding carboxylic acids is 2. The van der Waals surface area contributed by atoms with Gasteiger partial charge in [0.25, 0.3) is 5.91 Å². The predicted octanol–water partition coefficient (Wildman–Crippen LogP) is 7.64. The topological polar surface area (TPSA) is 112 Å². The summed E-state index contributed by atoms with van der Waals surface area (Å²) in [5.41, 5.74) is 5.21. The van der Waals surface area contributed by atoms with E-state index in [2.05, 4.69) is 60.3 Å². The summed E-state index contributed by atoms with van der Waals surface area (Å²) in [5.74, 6) is 0.572. The van der Waals surface area contributed by atoms with Crippen molar-refractivity contribution in [3.8, 4) is 22.5 Å². The van der Waals surface area contributed by atoms with Gasteiger partial charge in [0.2, 0.25) is 5.91 Å². The van der Waals surface area contributed by atoms with Gasteiger partial charge >= 0.3 is 5.97 Å². The zero-order valence-corrected chi connectivity index (χ0v) is 29.4. The molecule has 49 heavy (non-hydrogen) atoms. The Morgan fingerprint density at radius 2 is 1.51 bits per heavy atom. The summed E-state index contributed by atoms with van der Waals surface area (Å²) in [6.45, 7) is 6.87. The van der Waals surface area contributed by atoms with E-state index in [0.29, 0.717) is 22.5 Å². The summed E-state index contributed by atoms with van der Waals surface area (Å²) < 4.78 is 0. The Kier molecular flexibility index (Phi) is 10.9. The highest BCUT2D eigenvalue weighted by Gasteiger charge is 2.39. The number of hydrogen-bond donors (Lipinski definition) is 2. The van der Waals surface area contributed by atoms with Crippen molar-refractivity contribution in [2.75, 3.05) is 13.1 Å². The Morgan fingerprint density at radius 1 is 0.857 bits per heavy atom. The molecule has 2 N–H and O–H groups in total. The molecule has 4 aromatic rings. The number of likely N-dealkylation sites (tertiary alicyclic amines) is 1. The first kappa shape index (κ1) is 34.5. The molecule has 1 saturated carbocycles. The zero-order chi connectivity index (χ0) is 34.5. The van der Waals surface area contributed by atoms with Crippen molar-refractivity contribution in [3.63, 3.8) is 0 Å². The second kappa shape index (κ2) is 15.5. The summed E-state index contributed by atoms with van der Waals surface area (Å²) in [6, 6.07) is 19.5. The van der Waals surface area contributed by atoms with Crippen LogP contribution in [0.25, 0.3) is 22.5 Å². The fraction of sp³-hybridized carbons (Fsp3) is 0.425. The van der Waals surface area contributed by atoms with Crippen LogP contribution in [0, 0.1) is 17.8 Å². The van der Waals surface area contributed by atoms with Crippen molar-refractivity contribution in [2.24, 2.45) is 17.8 Å². The molecule has 1 aliphatic heterocycles. The summed E-state index contributed by atoms with van der Waals surface area (Å²) in [5, 5.41) is 12.3. The summed E-state index contributed by atoms with van der Waals surface area (Å²) >= 11 is 1.44. The van der Waals surface area contributed by atoms with Gasteiger partial charge in [-0.1, -0.05) is 75.7 Å². The average Bonchev–Trinajstić information content (AvgIpc) is 3.56. The third kappa shape index (κ3) is 8.44. The lowest BCUT2D eigenvalue weighted by molar-refractivity contribution is -0.153. The largest absolute Gasteiger partial charge is 0.481 e. The van der Waals surface area contributed by atoms with Crippen LogP contribution in [0.15, 0.2) is 73.1 Å². The van der Waals surface area contributed by atoms with Gasteiger partial charge in [-0.3, -0.25) is 14.4 Å². The molecule has 2 amide bonds. The SMILES string of the molecule is CC[C@H]1CC[C@H](c2ccc(-c3cnc(-c4ccc(C[C@H](NC(=O)c5ccc(CC(C)C)s5)C(=O)N5CC(C(=O)O)C5)cc4)nc3)cc2)CC1. The standard InChI is InChI=1S/C40H46N4O4S/c1-4-26-5-9-28(10-6-26)29-13-15-30(16-14-29)32-21-41-37(42-22-32)31-11-7-27(8-12-31)20-35(39(46)44-23-33(24-44)40(47)48)43-38(45)36-18-17-34(49-36)19-25(2)3/h7-8,11-18,21-22,25-26,28,33,35H,4-6,9-10,19-20,23-24H2,1-3H3,(H,43,45)(H,47,48)/t26-,28-,35-/m0/s1. The van der Waals surface area contributed by atoms with Crippen LogP contribution in [0.1, 0.15) is 84.5 Å². The number of thiophene rings is 1. The number of carbonyl (C=O) groups is 3. The van der Waals surface area contributed by atoms with E-state index in [9.17, 15) is 19.5 Å². The van der Waals surface area contributed by atoms with Gasteiger partial charge in [0, 0.05) is 47.9 Å². The number of carboxylic acid groups (broad SMARTS) is 1. The number of nitrogens with one attached hydrogen (secondary N) is 1. The van der Waals surface area contributed by atoms with E-state index in [1.807, 2.05) is 42.7 Å². The minimum atomic E-state index is -0.913. The van der Waals surface area contributed by atoms with E-state index in [1.54, 1.807) is 6.07 Å². The fourth-order valence-corrected chi connectivity index (χ4v) is 8.10. The molecule has 1 saturated heterocycles. The molecule has 1 aliphatic carbocycles. The molecule has 256 valence electrons. The van der Waals surface area contributed by atoms with Crippen molar-refractivity contribution in [3.05, 3.63) is 93.9 Å². The van der Waals surface area contributed by atoms with E-state index in [-0.39, 0.29) is 31.3 Å². The third-order valence-corrected chi connectivity index (χ3v) is 11.2. The van der Waals surface area contributed by atoms with Crippen LogP contribution < -0.4 is 5.32 Å². The predicted molar refractivity (Wildman–Crippen MR) is 193 cm³/mol. The van der Waals surface area contributed by atoms with E-state index < -0.39 is 17.9 Å². The molecule has 2 aromatic heterocycles. The number of rotatable bonds is 12. The van der Waals surface area contributed by atoms with E-state index in [4.69, 9.17) is 0 Å². The minimum Gasteiger partial charge on any atom is -0.481 e. The van der Waals surface area contributed by atoms with Crippen LogP contribution in [-0.4, -0.2) is 56.9 Å². The minimum absolute atomic E-state index is 0.147.